The van der Waals surface area contributed by atoms with Crippen LogP contribution in [0.4, 0.5) is 0 Å². The molecule has 2 rings (SSSR count). The highest BCUT2D eigenvalue weighted by atomic mass is 32.1. The van der Waals surface area contributed by atoms with Crippen LogP contribution >= 0.6 is 11.3 Å². The predicted octanol–water partition coefficient (Wildman–Crippen LogP) is 1.47. The number of aromatic nitrogens is 1. The number of hydrogen-bond donors (Lipinski definition) is 1. The van der Waals surface area contributed by atoms with Crippen molar-refractivity contribution < 1.29 is 19.4 Å². The van der Waals surface area contributed by atoms with Crippen molar-refractivity contribution in [1.29, 1.82) is 0 Å². The van der Waals surface area contributed by atoms with Crippen LogP contribution in [-0.2, 0) is 20.7 Å². The van der Waals surface area contributed by atoms with Crippen LogP contribution in [0.1, 0.15) is 30.5 Å². The van der Waals surface area contributed by atoms with Crippen LogP contribution < -0.4 is 0 Å². The van der Waals surface area contributed by atoms with Crippen molar-refractivity contribution in [3.05, 3.63) is 16.1 Å². The molecule has 2 atom stereocenters. The van der Waals surface area contributed by atoms with E-state index in [2.05, 4.69) is 4.98 Å². The molecule has 21 heavy (non-hydrogen) atoms. The van der Waals surface area contributed by atoms with E-state index in [1.54, 1.807) is 23.2 Å². The lowest BCUT2D eigenvalue weighted by atomic mass is 10.1. The SMILES string of the molecule is Cc1nc(CCCC(=O)N2CC(C(=O)O)O[C@H](C)C2)cs1. The van der Waals surface area contributed by atoms with Crippen molar-refractivity contribution in [2.24, 2.45) is 0 Å². The summed E-state index contributed by atoms with van der Waals surface area (Å²) in [5.74, 6) is -1.03. The van der Waals surface area contributed by atoms with Crippen LogP contribution in [0.3, 0.4) is 0 Å². The lowest BCUT2D eigenvalue weighted by Gasteiger charge is -2.35. The maximum absolute atomic E-state index is 12.2. The summed E-state index contributed by atoms with van der Waals surface area (Å²) >= 11 is 1.61. The van der Waals surface area contributed by atoms with Gasteiger partial charge in [0.15, 0.2) is 6.10 Å². The number of thiazole rings is 1. The highest BCUT2D eigenvalue weighted by Crippen LogP contribution is 2.15. The Kier molecular flexibility index (Phi) is 5.30. The Morgan fingerprint density at radius 3 is 2.90 bits per heavy atom. The lowest BCUT2D eigenvalue weighted by Crippen LogP contribution is -2.51. The van der Waals surface area contributed by atoms with E-state index in [4.69, 9.17) is 9.84 Å². The molecule has 0 radical (unpaired) electrons. The minimum atomic E-state index is -1.02. The van der Waals surface area contributed by atoms with Crippen LogP contribution in [0, 0.1) is 6.92 Å². The van der Waals surface area contributed by atoms with Gasteiger partial charge in [-0.3, -0.25) is 4.79 Å². The van der Waals surface area contributed by atoms with Crippen molar-refractivity contribution in [1.82, 2.24) is 9.88 Å². The molecule has 0 bridgehead atoms. The molecule has 6 nitrogen and oxygen atoms in total. The molecule has 1 aromatic rings. The normalized spacial score (nSPS) is 22.3. The minimum Gasteiger partial charge on any atom is -0.479 e. The first-order chi connectivity index (χ1) is 9.95. The quantitative estimate of drug-likeness (QED) is 0.890. The number of hydrogen-bond acceptors (Lipinski definition) is 5. The molecule has 116 valence electrons. The second kappa shape index (κ2) is 7.00. The van der Waals surface area contributed by atoms with Gasteiger partial charge >= 0.3 is 5.97 Å². The number of ether oxygens (including phenoxy) is 1. The molecule has 1 aliphatic rings. The summed E-state index contributed by atoms with van der Waals surface area (Å²) in [7, 11) is 0. The molecule has 1 saturated heterocycles. The third-order valence-corrected chi connectivity index (χ3v) is 4.20. The van der Waals surface area contributed by atoms with Gasteiger partial charge < -0.3 is 14.7 Å². The zero-order chi connectivity index (χ0) is 15.4. The molecule has 0 saturated carbocycles. The Bertz CT molecular complexity index is 517. The fourth-order valence-corrected chi connectivity index (χ4v) is 3.04. The lowest BCUT2D eigenvalue weighted by molar-refractivity contribution is -0.166. The topological polar surface area (TPSA) is 79.7 Å². The van der Waals surface area contributed by atoms with Crippen LogP contribution in [0.15, 0.2) is 5.38 Å². The molecule has 0 aliphatic carbocycles. The number of carbonyl (C=O) groups is 2. The molecule has 1 unspecified atom stereocenters. The number of morpholine rings is 1. The van der Waals surface area contributed by atoms with Crippen molar-refractivity contribution in [2.45, 2.75) is 45.3 Å². The fourth-order valence-electron chi connectivity index (χ4n) is 2.39. The zero-order valence-electron chi connectivity index (χ0n) is 12.2. The number of aryl methyl sites for hydroxylation is 2. The van der Waals surface area contributed by atoms with Gasteiger partial charge in [0.1, 0.15) is 0 Å². The van der Waals surface area contributed by atoms with E-state index >= 15 is 0 Å². The van der Waals surface area contributed by atoms with Crippen molar-refractivity contribution in [3.63, 3.8) is 0 Å². The molecule has 1 N–H and O–H groups in total. The van der Waals surface area contributed by atoms with Gasteiger partial charge in [-0.1, -0.05) is 0 Å². The van der Waals surface area contributed by atoms with E-state index < -0.39 is 12.1 Å². The Morgan fingerprint density at radius 1 is 1.52 bits per heavy atom. The van der Waals surface area contributed by atoms with Gasteiger partial charge in [0.25, 0.3) is 0 Å². The van der Waals surface area contributed by atoms with E-state index in [1.165, 1.54) is 0 Å². The molecule has 2 heterocycles. The molecule has 0 aromatic carbocycles. The molecule has 1 aliphatic heterocycles. The zero-order valence-corrected chi connectivity index (χ0v) is 13.1. The van der Waals surface area contributed by atoms with Gasteiger partial charge in [-0.2, -0.15) is 0 Å². The number of carboxylic acids is 1. The Labute approximate surface area is 127 Å². The number of rotatable bonds is 5. The number of carboxylic acid groups (broad SMARTS) is 1. The van der Waals surface area contributed by atoms with Crippen LogP contribution in [-0.4, -0.2) is 52.2 Å². The highest BCUT2D eigenvalue weighted by Gasteiger charge is 2.32. The number of amides is 1. The molecule has 1 aromatic heterocycles. The Morgan fingerprint density at radius 2 is 2.29 bits per heavy atom. The summed E-state index contributed by atoms with van der Waals surface area (Å²) in [6, 6.07) is 0. The average Bonchev–Trinajstić information content (AvgIpc) is 2.83. The molecule has 7 heteroatoms. The first-order valence-corrected chi connectivity index (χ1v) is 7.90. The Hall–Kier alpha value is -1.47. The standard InChI is InChI=1S/C14H20N2O4S/c1-9-6-16(7-12(20-9)14(18)19)13(17)5-3-4-11-8-21-10(2)15-11/h8-9,12H,3-7H2,1-2H3,(H,18,19)/t9-,12?/m1/s1. The number of carbonyl (C=O) groups excluding carboxylic acids is 1. The fraction of sp³-hybridized carbons (Fsp3) is 0.643. The minimum absolute atomic E-state index is 0.0108. The van der Waals surface area contributed by atoms with E-state index in [0.29, 0.717) is 13.0 Å². The average molecular weight is 312 g/mol. The molecule has 1 amide bonds. The van der Waals surface area contributed by atoms with E-state index in [-0.39, 0.29) is 18.6 Å². The second-order valence-electron chi connectivity index (χ2n) is 5.28. The largest absolute Gasteiger partial charge is 0.479 e. The van der Waals surface area contributed by atoms with Gasteiger partial charge in [-0.25, -0.2) is 9.78 Å². The van der Waals surface area contributed by atoms with Gasteiger partial charge in [0.2, 0.25) is 5.91 Å². The molecule has 0 spiro atoms. The second-order valence-corrected chi connectivity index (χ2v) is 6.35. The van der Waals surface area contributed by atoms with Crippen molar-refractivity contribution in [3.8, 4) is 0 Å². The predicted molar refractivity (Wildman–Crippen MR) is 78.3 cm³/mol. The van der Waals surface area contributed by atoms with Gasteiger partial charge in [0.05, 0.1) is 23.4 Å². The molecular formula is C14H20N2O4S. The number of nitrogens with zero attached hydrogens (tertiary/aromatic N) is 2. The smallest absolute Gasteiger partial charge is 0.334 e. The maximum Gasteiger partial charge on any atom is 0.334 e. The first kappa shape index (κ1) is 15.9. The third-order valence-electron chi connectivity index (χ3n) is 3.38. The van der Waals surface area contributed by atoms with Gasteiger partial charge in [-0.15, -0.1) is 11.3 Å². The van der Waals surface area contributed by atoms with Crippen molar-refractivity contribution >= 4 is 23.2 Å². The summed E-state index contributed by atoms with van der Waals surface area (Å²) in [6.07, 6.45) is 0.753. The van der Waals surface area contributed by atoms with Crippen LogP contribution in [0.2, 0.25) is 0 Å². The van der Waals surface area contributed by atoms with E-state index in [9.17, 15) is 9.59 Å². The van der Waals surface area contributed by atoms with E-state index in [0.717, 1.165) is 23.5 Å². The summed E-state index contributed by atoms with van der Waals surface area (Å²) in [4.78, 5) is 29.1. The van der Waals surface area contributed by atoms with Crippen LogP contribution in [0.5, 0.6) is 0 Å². The van der Waals surface area contributed by atoms with Crippen LogP contribution in [0.25, 0.3) is 0 Å². The monoisotopic (exact) mass is 312 g/mol. The maximum atomic E-state index is 12.2. The summed E-state index contributed by atoms with van der Waals surface area (Å²) < 4.78 is 5.30. The summed E-state index contributed by atoms with van der Waals surface area (Å²) in [5, 5.41) is 12.1. The molecular weight excluding hydrogens is 292 g/mol. The molecule has 1 fully saturated rings. The summed E-state index contributed by atoms with van der Waals surface area (Å²) in [6.45, 7) is 4.33. The highest BCUT2D eigenvalue weighted by molar-refractivity contribution is 7.09. The number of aliphatic carboxylic acids is 1. The third kappa shape index (κ3) is 4.50. The van der Waals surface area contributed by atoms with E-state index in [1.807, 2.05) is 12.3 Å². The van der Waals surface area contributed by atoms with Gasteiger partial charge in [-0.05, 0) is 26.7 Å². The van der Waals surface area contributed by atoms with Crippen molar-refractivity contribution in [2.75, 3.05) is 13.1 Å². The Balaban J connectivity index is 1.80. The van der Waals surface area contributed by atoms with Gasteiger partial charge in [0, 0.05) is 18.3 Å². The first-order valence-electron chi connectivity index (χ1n) is 7.02. The summed E-state index contributed by atoms with van der Waals surface area (Å²) in [5.41, 5.74) is 1.02.